The van der Waals surface area contributed by atoms with Crippen LogP contribution in [0.2, 0.25) is 0 Å². The Labute approximate surface area is 180 Å². The highest BCUT2D eigenvalue weighted by molar-refractivity contribution is 7.99. The summed E-state index contributed by atoms with van der Waals surface area (Å²) in [6, 6.07) is 9.36. The molecule has 0 amide bonds. The van der Waals surface area contributed by atoms with Crippen LogP contribution in [0.25, 0.3) is 0 Å². The number of benzene rings is 1. The van der Waals surface area contributed by atoms with Crippen LogP contribution in [0.4, 0.5) is 5.69 Å². The van der Waals surface area contributed by atoms with E-state index in [1.54, 1.807) is 0 Å². The van der Waals surface area contributed by atoms with Gasteiger partial charge in [0.2, 0.25) is 0 Å². The molecule has 1 aliphatic heterocycles. The molecule has 3 N–H and O–H groups in total. The van der Waals surface area contributed by atoms with Gasteiger partial charge in [-0.25, -0.2) is 4.99 Å². The van der Waals surface area contributed by atoms with E-state index in [0.29, 0.717) is 25.1 Å². The third kappa shape index (κ3) is 6.82. The van der Waals surface area contributed by atoms with Crippen molar-refractivity contribution in [2.75, 3.05) is 37.4 Å². The summed E-state index contributed by atoms with van der Waals surface area (Å²) in [6.45, 7) is 6.10. The lowest BCUT2D eigenvalue weighted by Gasteiger charge is -2.33. The highest BCUT2D eigenvalue weighted by Crippen LogP contribution is 2.27. The standard InChI is InChI=1S/C23H38N4OS/c1-3-24-23(26-20-5-4-6-22(15-20)29-2)25-16-18-7-9-21(10-8-18)27-13-11-19(17-28)12-14-27/h7-10,19-20,22,28H,3-6,11-17H2,1-2H3,(H2,24,25,26). The van der Waals surface area contributed by atoms with Crippen LogP contribution in [0.3, 0.4) is 0 Å². The van der Waals surface area contributed by atoms with Crippen molar-refractivity contribution in [1.82, 2.24) is 10.6 Å². The number of aliphatic hydroxyl groups excluding tert-OH is 1. The van der Waals surface area contributed by atoms with E-state index in [9.17, 15) is 5.11 Å². The first-order valence-electron chi connectivity index (χ1n) is 11.2. The molecule has 2 atom stereocenters. The van der Waals surface area contributed by atoms with Crippen LogP contribution in [0.1, 0.15) is 51.0 Å². The minimum atomic E-state index is 0.325. The van der Waals surface area contributed by atoms with Gasteiger partial charge in [0.1, 0.15) is 0 Å². The van der Waals surface area contributed by atoms with Gasteiger partial charge < -0.3 is 20.6 Å². The predicted octanol–water partition coefficient (Wildman–Crippen LogP) is 3.62. The Morgan fingerprint density at radius 1 is 1.17 bits per heavy atom. The summed E-state index contributed by atoms with van der Waals surface area (Å²) in [5.74, 6) is 1.42. The molecule has 0 bridgehead atoms. The number of piperidine rings is 1. The molecule has 2 fully saturated rings. The molecule has 5 nitrogen and oxygen atoms in total. The SMILES string of the molecule is CCNC(=NCc1ccc(N2CCC(CO)CC2)cc1)NC1CCCC(SC)C1. The van der Waals surface area contributed by atoms with Gasteiger partial charge in [0.15, 0.2) is 5.96 Å². The van der Waals surface area contributed by atoms with Crippen molar-refractivity contribution in [1.29, 1.82) is 0 Å². The molecule has 1 aliphatic carbocycles. The van der Waals surface area contributed by atoms with E-state index in [1.165, 1.54) is 36.9 Å². The molecule has 1 aromatic carbocycles. The average molecular weight is 419 g/mol. The molecule has 0 spiro atoms. The Kier molecular flexibility index (Phi) is 8.99. The van der Waals surface area contributed by atoms with Crippen molar-refractivity contribution in [3.63, 3.8) is 0 Å². The van der Waals surface area contributed by atoms with E-state index in [2.05, 4.69) is 53.0 Å². The summed E-state index contributed by atoms with van der Waals surface area (Å²) in [5.41, 5.74) is 2.52. The zero-order valence-corrected chi connectivity index (χ0v) is 18.9. The van der Waals surface area contributed by atoms with E-state index >= 15 is 0 Å². The number of hydrogen-bond acceptors (Lipinski definition) is 4. The number of guanidine groups is 1. The van der Waals surface area contributed by atoms with Crippen molar-refractivity contribution in [3.8, 4) is 0 Å². The monoisotopic (exact) mass is 418 g/mol. The van der Waals surface area contributed by atoms with Crippen LogP contribution in [0.15, 0.2) is 29.3 Å². The Bertz CT molecular complexity index is 628. The Morgan fingerprint density at radius 3 is 2.59 bits per heavy atom. The van der Waals surface area contributed by atoms with Crippen molar-refractivity contribution in [2.24, 2.45) is 10.9 Å². The van der Waals surface area contributed by atoms with Gasteiger partial charge in [0, 0.05) is 43.2 Å². The van der Waals surface area contributed by atoms with E-state index in [4.69, 9.17) is 4.99 Å². The van der Waals surface area contributed by atoms with Crippen LogP contribution >= 0.6 is 11.8 Å². The molecule has 1 heterocycles. The first-order chi connectivity index (χ1) is 14.2. The number of nitrogens with one attached hydrogen (secondary N) is 2. The molecule has 3 rings (SSSR count). The normalized spacial score (nSPS) is 23.8. The van der Waals surface area contributed by atoms with Crippen molar-refractivity contribution in [3.05, 3.63) is 29.8 Å². The number of anilines is 1. The highest BCUT2D eigenvalue weighted by Gasteiger charge is 2.22. The molecule has 6 heteroatoms. The topological polar surface area (TPSA) is 59.9 Å². The first kappa shape index (κ1) is 22.3. The van der Waals surface area contributed by atoms with Crippen LogP contribution < -0.4 is 15.5 Å². The van der Waals surface area contributed by atoms with Gasteiger partial charge in [0.25, 0.3) is 0 Å². The Hall–Kier alpha value is -1.40. The van der Waals surface area contributed by atoms with Gasteiger partial charge in [-0.2, -0.15) is 11.8 Å². The lowest BCUT2D eigenvalue weighted by atomic mass is 9.95. The summed E-state index contributed by atoms with van der Waals surface area (Å²) in [5, 5.41) is 17.2. The minimum absolute atomic E-state index is 0.325. The molecule has 2 unspecified atom stereocenters. The maximum absolute atomic E-state index is 9.31. The zero-order valence-electron chi connectivity index (χ0n) is 18.1. The minimum Gasteiger partial charge on any atom is -0.396 e. The summed E-state index contributed by atoms with van der Waals surface area (Å²) in [7, 11) is 0. The van der Waals surface area contributed by atoms with Gasteiger partial charge in [-0.15, -0.1) is 0 Å². The molecule has 29 heavy (non-hydrogen) atoms. The fourth-order valence-corrected chi connectivity index (χ4v) is 5.19. The molecule has 1 saturated heterocycles. The number of nitrogens with zero attached hydrogens (tertiary/aromatic N) is 2. The fraction of sp³-hybridized carbons (Fsp3) is 0.696. The predicted molar refractivity (Wildman–Crippen MR) is 126 cm³/mol. The quantitative estimate of drug-likeness (QED) is 0.466. The molecule has 1 aromatic rings. The van der Waals surface area contributed by atoms with Crippen LogP contribution in [-0.4, -0.2) is 54.9 Å². The summed E-state index contributed by atoms with van der Waals surface area (Å²) >= 11 is 2.00. The highest BCUT2D eigenvalue weighted by atomic mass is 32.2. The second kappa shape index (κ2) is 11.7. The number of thioether (sulfide) groups is 1. The summed E-state index contributed by atoms with van der Waals surface area (Å²) in [6.07, 6.45) is 9.51. The number of aliphatic hydroxyl groups is 1. The summed E-state index contributed by atoms with van der Waals surface area (Å²) < 4.78 is 0. The lowest BCUT2D eigenvalue weighted by molar-refractivity contribution is 0.203. The molecule has 0 aromatic heterocycles. The second-order valence-corrected chi connectivity index (χ2v) is 9.48. The lowest BCUT2D eigenvalue weighted by Crippen LogP contribution is -2.45. The summed E-state index contributed by atoms with van der Waals surface area (Å²) in [4.78, 5) is 7.26. The third-order valence-electron chi connectivity index (χ3n) is 6.24. The third-order valence-corrected chi connectivity index (χ3v) is 7.33. The van der Waals surface area contributed by atoms with E-state index < -0.39 is 0 Å². The Morgan fingerprint density at radius 2 is 1.93 bits per heavy atom. The van der Waals surface area contributed by atoms with E-state index in [0.717, 1.165) is 43.7 Å². The maximum Gasteiger partial charge on any atom is 0.191 e. The molecule has 0 radical (unpaired) electrons. The molecule has 2 aliphatic rings. The molecular formula is C23H38N4OS. The van der Waals surface area contributed by atoms with Gasteiger partial charge in [-0.1, -0.05) is 18.6 Å². The largest absolute Gasteiger partial charge is 0.396 e. The van der Waals surface area contributed by atoms with Gasteiger partial charge in [-0.05, 0) is 68.9 Å². The number of aliphatic imine (C=N–C) groups is 1. The van der Waals surface area contributed by atoms with Gasteiger partial charge >= 0.3 is 0 Å². The smallest absolute Gasteiger partial charge is 0.191 e. The maximum atomic E-state index is 9.31. The van der Waals surface area contributed by atoms with Crippen molar-refractivity contribution < 1.29 is 5.11 Å². The number of hydrogen-bond donors (Lipinski definition) is 3. The van der Waals surface area contributed by atoms with Crippen LogP contribution in [0, 0.1) is 5.92 Å². The van der Waals surface area contributed by atoms with Gasteiger partial charge in [-0.3, -0.25) is 0 Å². The van der Waals surface area contributed by atoms with E-state index in [-0.39, 0.29) is 0 Å². The van der Waals surface area contributed by atoms with E-state index in [1.807, 2.05) is 11.8 Å². The van der Waals surface area contributed by atoms with Crippen LogP contribution in [0.5, 0.6) is 0 Å². The number of rotatable bonds is 7. The van der Waals surface area contributed by atoms with Crippen molar-refractivity contribution in [2.45, 2.75) is 63.3 Å². The van der Waals surface area contributed by atoms with Crippen LogP contribution in [-0.2, 0) is 6.54 Å². The fourth-order valence-electron chi connectivity index (χ4n) is 4.36. The molecule has 1 saturated carbocycles. The second-order valence-electron chi connectivity index (χ2n) is 8.34. The molecular weight excluding hydrogens is 380 g/mol. The first-order valence-corrected chi connectivity index (χ1v) is 12.5. The Balaban J connectivity index is 1.53. The average Bonchev–Trinajstić information content (AvgIpc) is 2.78. The molecule has 162 valence electrons. The zero-order chi connectivity index (χ0) is 20.5. The van der Waals surface area contributed by atoms with Crippen molar-refractivity contribution >= 4 is 23.4 Å². The van der Waals surface area contributed by atoms with Gasteiger partial charge in [0.05, 0.1) is 6.54 Å².